The van der Waals surface area contributed by atoms with Crippen LogP contribution in [0.5, 0.6) is 0 Å². The number of hydrogen-bond acceptors (Lipinski definition) is 3. The highest BCUT2D eigenvalue weighted by Crippen LogP contribution is 2.31. The summed E-state index contributed by atoms with van der Waals surface area (Å²) in [6, 6.07) is 5.44. The summed E-state index contributed by atoms with van der Waals surface area (Å²) in [5, 5.41) is 0. The van der Waals surface area contributed by atoms with Crippen molar-refractivity contribution in [1.29, 1.82) is 0 Å². The van der Waals surface area contributed by atoms with E-state index in [2.05, 4.69) is 23.8 Å². The van der Waals surface area contributed by atoms with Crippen LogP contribution >= 0.6 is 0 Å². The molecule has 112 valence electrons. The fourth-order valence-corrected chi connectivity index (χ4v) is 3.14. The Morgan fingerprint density at radius 3 is 2.80 bits per heavy atom. The minimum atomic E-state index is -0.287. The molecule has 3 nitrogen and oxygen atoms in total. The molecule has 0 bridgehead atoms. The zero-order chi connectivity index (χ0) is 14.7. The van der Waals surface area contributed by atoms with E-state index in [1.54, 1.807) is 6.07 Å². The van der Waals surface area contributed by atoms with Gasteiger partial charge in [-0.3, -0.25) is 0 Å². The van der Waals surface area contributed by atoms with Crippen LogP contribution in [0, 0.1) is 5.82 Å². The molecule has 0 aromatic heterocycles. The second kappa shape index (κ2) is 6.55. The molecule has 4 heteroatoms. The minimum absolute atomic E-state index is 0.190. The van der Waals surface area contributed by atoms with Crippen molar-refractivity contribution in [3.63, 3.8) is 0 Å². The topological polar surface area (TPSA) is 32.5 Å². The Kier molecular flexibility index (Phi) is 5.00. The SMILES string of the molecule is CCC1CN(C)CCCN1c1cccc(F)c1[C@H](C)N. The van der Waals surface area contributed by atoms with E-state index in [-0.39, 0.29) is 11.9 Å². The van der Waals surface area contributed by atoms with E-state index in [4.69, 9.17) is 5.73 Å². The molecule has 0 aliphatic carbocycles. The van der Waals surface area contributed by atoms with Gasteiger partial charge in [0.05, 0.1) is 0 Å². The monoisotopic (exact) mass is 279 g/mol. The van der Waals surface area contributed by atoms with Gasteiger partial charge in [0.15, 0.2) is 0 Å². The average Bonchev–Trinajstić information content (AvgIpc) is 2.59. The lowest BCUT2D eigenvalue weighted by atomic mass is 10.0. The molecular weight excluding hydrogens is 253 g/mol. The van der Waals surface area contributed by atoms with Gasteiger partial charge >= 0.3 is 0 Å². The average molecular weight is 279 g/mol. The number of anilines is 1. The van der Waals surface area contributed by atoms with Crippen molar-refractivity contribution in [2.45, 2.75) is 38.8 Å². The number of hydrogen-bond donors (Lipinski definition) is 1. The molecule has 2 atom stereocenters. The lowest BCUT2D eigenvalue weighted by Crippen LogP contribution is -2.40. The van der Waals surface area contributed by atoms with Crippen LogP contribution in [-0.2, 0) is 0 Å². The van der Waals surface area contributed by atoms with E-state index in [0.29, 0.717) is 11.6 Å². The van der Waals surface area contributed by atoms with Crippen LogP contribution in [0.15, 0.2) is 18.2 Å². The van der Waals surface area contributed by atoms with Crippen molar-refractivity contribution >= 4 is 5.69 Å². The lowest BCUT2D eigenvalue weighted by molar-refractivity contribution is 0.328. The van der Waals surface area contributed by atoms with Crippen molar-refractivity contribution in [1.82, 2.24) is 4.90 Å². The summed E-state index contributed by atoms with van der Waals surface area (Å²) >= 11 is 0. The molecule has 1 aromatic carbocycles. The van der Waals surface area contributed by atoms with Crippen molar-refractivity contribution in [2.24, 2.45) is 5.73 Å². The normalized spacial score (nSPS) is 22.6. The summed E-state index contributed by atoms with van der Waals surface area (Å²) in [7, 11) is 2.16. The lowest BCUT2D eigenvalue weighted by Gasteiger charge is -2.34. The summed E-state index contributed by atoms with van der Waals surface area (Å²) in [4.78, 5) is 4.71. The van der Waals surface area contributed by atoms with Crippen molar-refractivity contribution in [3.8, 4) is 0 Å². The number of likely N-dealkylation sites (N-methyl/N-ethyl adjacent to an activating group) is 1. The van der Waals surface area contributed by atoms with Gasteiger partial charge in [-0.15, -0.1) is 0 Å². The Morgan fingerprint density at radius 2 is 2.15 bits per heavy atom. The van der Waals surface area contributed by atoms with E-state index in [0.717, 1.165) is 38.2 Å². The molecular formula is C16H26FN3. The first kappa shape index (κ1) is 15.3. The molecule has 1 aliphatic rings. The number of benzene rings is 1. The third-order valence-corrected chi connectivity index (χ3v) is 4.17. The molecule has 0 amide bonds. The first-order valence-electron chi connectivity index (χ1n) is 7.53. The highest BCUT2D eigenvalue weighted by Gasteiger charge is 2.25. The van der Waals surface area contributed by atoms with Crippen LogP contribution in [-0.4, -0.2) is 37.6 Å². The van der Waals surface area contributed by atoms with Gasteiger partial charge in [-0.1, -0.05) is 13.0 Å². The highest BCUT2D eigenvalue weighted by atomic mass is 19.1. The molecule has 2 rings (SSSR count). The maximum atomic E-state index is 14.1. The van der Waals surface area contributed by atoms with Crippen molar-refractivity contribution in [2.75, 3.05) is 31.6 Å². The Hall–Kier alpha value is -1.13. The Bertz CT molecular complexity index is 447. The van der Waals surface area contributed by atoms with E-state index in [1.165, 1.54) is 6.07 Å². The Balaban J connectivity index is 2.40. The zero-order valence-electron chi connectivity index (χ0n) is 12.8. The standard InChI is InChI=1S/C16H26FN3/c1-4-13-11-19(3)9-6-10-20(13)15-8-5-7-14(17)16(15)12(2)18/h5,7-8,12-13H,4,6,9-11,18H2,1-3H3/t12-,13?/m0/s1. The smallest absolute Gasteiger partial charge is 0.130 e. The third kappa shape index (κ3) is 3.13. The van der Waals surface area contributed by atoms with Gasteiger partial charge in [0.25, 0.3) is 0 Å². The highest BCUT2D eigenvalue weighted by molar-refractivity contribution is 5.56. The van der Waals surface area contributed by atoms with E-state index in [9.17, 15) is 4.39 Å². The van der Waals surface area contributed by atoms with Crippen molar-refractivity contribution < 1.29 is 4.39 Å². The number of nitrogens with zero attached hydrogens (tertiary/aromatic N) is 2. The van der Waals surface area contributed by atoms with Crippen LogP contribution in [0.3, 0.4) is 0 Å². The molecule has 1 saturated heterocycles. The van der Waals surface area contributed by atoms with E-state index < -0.39 is 0 Å². The van der Waals surface area contributed by atoms with Gasteiger partial charge < -0.3 is 15.5 Å². The molecule has 0 radical (unpaired) electrons. The van der Waals surface area contributed by atoms with Crippen LogP contribution in [0.2, 0.25) is 0 Å². The van der Waals surface area contributed by atoms with Crippen LogP contribution in [0.4, 0.5) is 10.1 Å². The third-order valence-electron chi connectivity index (χ3n) is 4.17. The van der Waals surface area contributed by atoms with Crippen LogP contribution in [0.1, 0.15) is 38.3 Å². The summed E-state index contributed by atoms with van der Waals surface area (Å²) in [6.07, 6.45) is 2.15. The largest absolute Gasteiger partial charge is 0.367 e. The van der Waals surface area contributed by atoms with Crippen LogP contribution < -0.4 is 10.6 Å². The molecule has 1 aliphatic heterocycles. The van der Waals surface area contributed by atoms with Crippen LogP contribution in [0.25, 0.3) is 0 Å². The number of halogens is 1. The summed E-state index contributed by atoms with van der Waals surface area (Å²) in [6.45, 7) is 7.13. The van der Waals surface area contributed by atoms with Gasteiger partial charge in [-0.05, 0) is 45.5 Å². The maximum absolute atomic E-state index is 14.1. The summed E-state index contributed by atoms with van der Waals surface area (Å²) in [5.74, 6) is -0.190. The Labute approximate surface area is 121 Å². The van der Waals surface area contributed by atoms with Gasteiger partial charge in [0.2, 0.25) is 0 Å². The molecule has 1 aromatic rings. The minimum Gasteiger partial charge on any atom is -0.367 e. The molecule has 0 saturated carbocycles. The Morgan fingerprint density at radius 1 is 1.40 bits per heavy atom. The maximum Gasteiger partial charge on any atom is 0.130 e. The van der Waals surface area contributed by atoms with Gasteiger partial charge in [-0.25, -0.2) is 4.39 Å². The summed E-state index contributed by atoms with van der Waals surface area (Å²) in [5.41, 5.74) is 7.62. The predicted molar refractivity (Wildman–Crippen MR) is 82.5 cm³/mol. The molecule has 1 unspecified atom stereocenters. The number of rotatable bonds is 3. The fourth-order valence-electron chi connectivity index (χ4n) is 3.14. The second-order valence-corrected chi connectivity index (χ2v) is 5.83. The first-order chi connectivity index (χ1) is 9.54. The van der Waals surface area contributed by atoms with Gasteiger partial charge in [0, 0.05) is 36.4 Å². The summed E-state index contributed by atoms with van der Waals surface area (Å²) < 4.78 is 14.1. The second-order valence-electron chi connectivity index (χ2n) is 5.83. The first-order valence-corrected chi connectivity index (χ1v) is 7.53. The van der Waals surface area contributed by atoms with Crippen molar-refractivity contribution in [3.05, 3.63) is 29.6 Å². The predicted octanol–water partition coefficient (Wildman–Crippen LogP) is 2.77. The van der Waals surface area contributed by atoms with E-state index >= 15 is 0 Å². The molecule has 0 spiro atoms. The molecule has 20 heavy (non-hydrogen) atoms. The molecule has 2 N–H and O–H groups in total. The van der Waals surface area contributed by atoms with Gasteiger partial charge in [0.1, 0.15) is 5.82 Å². The molecule has 1 fully saturated rings. The number of nitrogens with two attached hydrogens (primary N) is 1. The quantitative estimate of drug-likeness (QED) is 0.923. The molecule has 1 heterocycles. The zero-order valence-corrected chi connectivity index (χ0v) is 12.8. The van der Waals surface area contributed by atoms with Gasteiger partial charge in [-0.2, -0.15) is 0 Å². The van der Waals surface area contributed by atoms with E-state index in [1.807, 2.05) is 13.0 Å². The fraction of sp³-hybridized carbons (Fsp3) is 0.625.